The molecule has 8 nitrogen and oxygen atoms in total. The van der Waals surface area contributed by atoms with Crippen LogP contribution in [-0.2, 0) is 4.79 Å². The summed E-state index contributed by atoms with van der Waals surface area (Å²) >= 11 is 0. The molecule has 0 saturated heterocycles. The molecule has 0 aliphatic heterocycles. The van der Waals surface area contributed by atoms with Gasteiger partial charge >= 0.3 is 5.97 Å². The van der Waals surface area contributed by atoms with Gasteiger partial charge in [0, 0.05) is 18.6 Å². The number of ketones is 1. The van der Waals surface area contributed by atoms with Crippen LogP contribution >= 0.6 is 0 Å². The number of Topliss-reactive ketones (excluding diaryl/α,β-unsaturated/α-hetero) is 1. The van der Waals surface area contributed by atoms with Gasteiger partial charge in [-0.05, 0) is 37.3 Å². The van der Waals surface area contributed by atoms with Crippen molar-refractivity contribution in [2.45, 2.75) is 13.8 Å². The van der Waals surface area contributed by atoms with Gasteiger partial charge in [0.05, 0.1) is 11.4 Å². The smallest absolute Gasteiger partial charge is 0.339 e. The number of phenols is 1. The number of aromatic carboxylic acids is 1. The van der Waals surface area contributed by atoms with Gasteiger partial charge in [-0.15, -0.1) is 5.11 Å². The van der Waals surface area contributed by atoms with Crippen LogP contribution in [0, 0.1) is 0 Å². The number of rotatable bonds is 5. The van der Waals surface area contributed by atoms with Crippen LogP contribution in [0.3, 0.4) is 0 Å². The number of hydrogen-bond acceptors (Lipinski definition) is 6. The molecule has 128 valence electrons. The molecule has 0 aliphatic carbocycles. The van der Waals surface area contributed by atoms with Gasteiger partial charge in [-0.3, -0.25) is 9.59 Å². The minimum Gasteiger partial charge on any atom is -0.507 e. The topological polar surface area (TPSA) is 128 Å². The molecular formula is C17H15N3O5. The number of carboxylic acids is 1. The van der Waals surface area contributed by atoms with Gasteiger partial charge in [-0.1, -0.05) is 0 Å². The predicted molar refractivity (Wildman–Crippen MR) is 90.0 cm³/mol. The Morgan fingerprint density at radius 2 is 1.64 bits per heavy atom. The van der Waals surface area contributed by atoms with Crippen LogP contribution in [0.1, 0.15) is 34.6 Å². The summed E-state index contributed by atoms with van der Waals surface area (Å²) in [6, 6.07) is 8.54. The highest BCUT2D eigenvalue weighted by atomic mass is 16.4. The van der Waals surface area contributed by atoms with E-state index in [1.54, 1.807) is 24.3 Å². The van der Waals surface area contributed by atoms with Gasteiger partial charge in [0.15, 0.2) is 5.78 Å². The Kier molecular flexibility index (Phi) is 5.23. The van der Waals surface area contributed by atoms with Crippen LogP contribution < -0.4 is 5.32 Å². The quantitative estimate of drug-likeness (QED) is 0.564. The van der Waals surface area contributed by atoms with Crippen molar-refractivity contribution in [2.75, 3.05) is 5.32 Å². The minimum atomic E-state index is -1.34. The van der Waals surface area contributed by atoms with E-state index in [4.69, 9.17) is 5.11 Å². The fourth-order valence-electron chi connectivity index (χ4n) is 2.00. The van der Waals surface area contributed by atoms with E-state index in [0.717, 1.165) is 12.1 Å². The lowest BCUT2D eigenvalue weighted by Crippen LogP contribution is -2.07. The lowest BCUT2D eigenvalue weighted by molar-refractivity contribution is -0.114. The van der Waals surface area contributed by atoms with E-state index >= 15 is 0 Å². The van der Waals surface area contributed by atoms with Gasteiger partial charge in [-0.25, -0.2) is 4.79 Å². The minimum absolute atomic E-state index is 0.0704. The Morgan fingerprint density at radius 3 is 2.16 bits per heavy atom. The highest BCUT2D eigenvalue weighted by Gasteiger charge is 2.15. The van der Waals surface area contributed by atoms with Gasteiger partial charge in [0.2, 0.25) is 5.91 Å². The normalized spacial score (nSPS) is 10.6. The van der Waals surface area contributed by atoms with Crippen molar-refractivity contribution in [3.8, 4) is 5.75 Å². The maximum atomic E-state index is 11.3. The Morgan fingerprint density at radius 1 is 1.00 bits per heavy atom. The summed E-state index contributed by atoms with van der Waals surface area (Å²) in [6.45, 7) is 2.71. The maximum absolute atomic E-state index is 11.3. The van der Waals surface area contributed by atoms with Crippen LogP contribution in [0.4, 0.5) is 17.1 Å². The summed E-state index contributed by atoms with van der Waals surface area (Å²) in [4.78, 5) is 33.6. The summed E-state index contributed by atoms with van der Waals surface area (Å²) < 4.78 is 0. The summed E-state index contributed by atoms with van der Waals surface area (Å²) in [5.41, 5.74) is 0.787. The Labute approximate surface area is 142 Å². The number of carbonyl (C=O) groups is 3. The molecule has 0 saturated carbocycles. The molecule has 3 N–H and O–H groups in total. The Balaban J connectivity index is 2.41. The molecule has 0 spiro atoms. The molecule has 0 unspecified atom stereocenters. The first kappa shape index (κ1) is 17.8. The average molecular weight is 341 g/mol. The molecule has 2 aromatic rings. The van der Waals surface area contributed by atoms with Crippen molar-refractivity contribution in [2.24, 2.45) is 10.2 Å². The van der Waals surface area contributed by atoms with E-state index < -0.39 is 17.6 Å². The molecule has 0 bridgehead atoms. The number of azo groups is 1. The van der Waals surface area contributed by atoms with Gasteiger partial charge in [-0.2, -0.15) is 5.11 Å². The first-order chi connectivity index (χ1) is 11.8. The second-order valence-electron chi connectivity index (χ2n) is 5.18. The highest BCUT2D eigenvalue weighted by molar-refractivity contribution is 5.97. The van der Waals surface area contributed by atoms with Crippen molar-refractivity contribution < 1.29 is 24.6 Å². The van der Waals surface area contributed by atoms with Crippen LogP contribution in [0.5, 0.6) is 5.75 Å². The Bertz CT molecular complexity index is 873. The van der Waals surface area contributed by atoms with E-state index in [1.807, 2.05) is 0 Å². The lowest BCUT2D eigenvalue weighted by atomic mass is 10.1. The molecule has 0 fully saturated rings. The number of carboxylic acid groups (broad SMARTS) is 1. The molecular weight excluding hydrogens is 326 g/mol. The highest BCUT2D eigenvalue weighted by Crippen LogP contribution is 2.34. The third-order valence-corrected chi connectivity index (χ3v) is 3.20. The molecule has 0 radical (unpaired) electrons. The summed E-state index contributed by atoms with van der Waals surface area (Å²) in [5, 5.41) is 29.2. The summed E-state index contributed by atoms with van der Waals surface area (Å²) in [5.74, 6) is -2.33. The number of anilines is 1. The van der Waals surface area contributed by atoms with Crippen LogP contribution in [-0.4, -0.2) is 27.9 Å². The SMILES string of the molecule is CC(=O)Nc1cc(O)c(C(=O)O)cc1N=Nc1ccc(C(C)=O)cc1. The standard InChI is InChI=1S/C17H15N3O5/c1-9(21)11-3-5-12(6-4-11)19-20-15-7-13(17(24)25)16(23)8-14(15)18-10(2)22/h3-8,23H,1-2H3,(H,18,22)(H,24,25). The zero-order valence-corrected chi connectivity index (χ0v) is 13.5. The molecule has 0 heterocycles. The molecule has 8 heteroatoms. The largest absolute Gasteiger partial charge is 0.507 e. The number of carbonyl (C=O) groups excluding carboxylic acids is 2. The van der Waals surface area contributed by atoms with Crippen molar-refractivity contribution >= 4 is 34.7 Å². The average Bonchev–Trinajstić information content (AvgIpc) is 2.53. The molecule has 2 aromatic carbocycles. The van der Waals surface area contributed by atoms with E-state index in [1.165, 1.54) is 13.8 Å². The molecule has 0 aliphatic rings. The first-order valence-electron chi connectivity index (χ1n) is 7.18. The molecule has 0 aromatic heterocycles. The zero-order chi connectivity index (χ0) is 18.6. The zero-order valence-electron chi connectivity index (χ0n) is 13.5. The lowest BCUT2D eigenvalue weighted by Gasteiger charge is -2.08. The predicted octanol–water partition coefficient (Wildman–Crippen LogP) is 3.67. The number of nitrogens with zero attached hydrogens (tertiary/aromatic N) is 2. The van der Waals surface area contributed by atoms with Gasteiger partial charge < -0.3 is 15.5 Å². The number of amides is 1. The molecule has 2 rings (SSSR count). The van der Waals surface area contributed by atoms with Crippen LogP contribution in [0.15, 0.2) is 46.6 Å². The second-order valence-corrected chi connectivity index (χ2v) is 5.18. The Hall–Kier alpha value is -3.55. The molecule has 1 amide bonds. The van der Waals surface area contributed by atoms with Gasteiger partial charge in [0.25, 0.3) is 0 Å². The van der Waals surface area contributed by atoms with E-state index in [9.17, 15) is 19.5 Å². The van der Waals surface area contributed by atoms with Gasteiger partial charge in [0.1, 0.15) is 17.0 Å². The van der Waals surface area contributed by atoms with Crippen LogP contribution in [0.2, 0.25) is 0 Å². The third kappa shape index (κ3) is 4.47. The molecule has 0 atom stereocenters. The number of nitrogens with one attached hydrogen (secondary N) is 1. The summed E-state index contributed by atoms with van der Waals surface area (Å²) in [6.07, 6.45) is 0. The van der Waals surface area contributed by atoms with E-state index in [-0.39, 0.29) is 22.7 Å². The van der Waals surface area contributed by atoms with Crippen molar-refractivity contribution in [3.63, 3.8) is 0 Å². The maximum Gasteiger partial charge on any atom is 0.339 e. The second kappa shape index (κ2) is 7.35. The monoisotopic (exact) mass is 341 g/mol. The van der Waals surface area contributed by atoms with Crippen molar-refractivity contribution in [3.05, 3.63) is 47.5 Å². The van der Waals surface area contributed by atoms with Crippen molar-refractivity contribution in [1.82, 2.24) is 0 Å². The number of hydrogen-bond donors (Lipinski definition) is 3. The fourth-order valence-corrected chi connectivity index (χ4v) is 2.00. The fraction of sp³-hybridized carbons (Fsp3) is 0.118. The number of benzene rings is 2. The third-order valence-electron chi connectivity index (χ3n) is 3.20. The molecule has 25 heavy (non-hydrogen) atoms. The number of aromatic hydroxyl groups is 1. The van der Waals surface area contributed by atoms with E-state index in [2.05, 4.69) is 15.5 Å². The first-order valence-corrected chi connectivity index (χ1v) is 7.18. The summed E-state index contributed by atoms with van der Waals surface area (Å²) in [7, 11) is 0. The van der Waals surface area contributed by atoms with E-state index in [0.29, 0.717) is 11.3 Å². The van der Waals surface area contributed by atoms with Crippen LogP contribution in [0.25, 0.3) is 0 Å². The van der Waals surface area contributed by atoms with Crippen molar-refractivity contribution in [1.29, 1.82) is 0 Å².